The summed E-state index contributed by atoms with van der Waals surface area (Å²) >= 11 is 0.649. The van der Waals surface area contributed by atoms with E-state index < -0.39 is 62.6 Å². The van der Waals surface area contributed by atoms with Gasteiger partial charge in [0.05, 0.1) is 0 Å². The van der Waals surface area contributed by atoms with Crippen molar-refractivity contribution in [2.24, 2.45) is 0 Å². The number of carbonyl (C=O) groups is 2. The third kappa shape index (κ3) is 5.13. The number of ether oxygens (including phenoxy) is 3. The predicted octanol–water partition coefficient (Wildman–Crippen LogP) is 2.87. The Morgan fingerprint density at radius 3 is 2.32 bits per heavy atom. The summed E-state index contributed by atoms with van der Waals surface area (Å²) in [6, 6.07) is 17.1. The van der Waals surface area contributed by atoms with E-state index in [-0.39, 0.29) is 5.56 Å². The molecule has 0 N–H and O–H groups in total. The molecule has 0 aliphatic carbocycles. The number of esters is 1. The van der Waals surface area contributed by atoms with E-state index in [1.54, 1.807) is 54.6 Å². The molecule has 0 aromatic heterocycles. The number of rotatable bonds is 6. The Bertz CT molecular complexity index is 822. The van der Waals surface area contributed by atoms with Crippen LogP contribution in [0.3, 0.4) is 0 Å². The molecule has 28 heavy (non-hydrogen) atoms. The number of hydrogen-bond donors (Lipinski definition) is 0. The number of halogens is 3. The number of hydrogen-bond acceptors (Lipinski definition) is 5. The first-order valence-electron chi connectivity index (χ1n) is 8.30. The van der Waals surface area contributed by atoms with Gasteiger partial charge in [0, 0.05) is 0 Å². The molecule has 3 rings (SSSR count). The third-order valence-electron chi connectivity index (χ3n) is 3.96. The summed E-state index contributed by atoms with van der Waals surface area (Å²) in [7, 11) is 0. The van der Waals surface area contributed by atoms with E-state index in [1.807, 2.05) is 6.07 Å². The van der Waals surface area contributed by atoms with Gasteiger partial charge in [0.25, 0.3) is 0 Å². The molecule has 1 aliphatic rings. The van der Waals surface area contributed by atoms with Crippen molar-refractivity contribution in [3.63, 3.8) is 0 Å². The summed E-state index contributed by atoms with van der Waals surface area (Å²) in [5.74, 6) is -4.11. The van der Waals surface area contributed by atoms with Crippen molar-refractivity contribution in [3.8, 4) is 0 Å². The van der Waals surface area contributed by atoms with Crippen LogP contribution in [0.1, 0.15) is 10.4 Å². The van der Waals surface area contributed by atoms with Crippen molar-refractivity contribution < 1.29 is 32.6 Å². The zero-order valence-electron chi connectivity index (χ0n) is 14.4. The monoisotopic (exact) mass is 650 g/mol. The van der Waals surface area contributed by atoms with Crippen LogP contribution in [-0.2, 0) is 14.2 Å². The van der Waals surface area contributed by atoms with E-state index in [0.717, 1.165) is 3.27 Å². The maximum atomic E-state index is 14.4. The zero-order chi connectivity index (χ0) is 20.1. The Labute approximate surface area is 180 Å². The number of carbonyl (C=O) groups excluding carboxylic acids is 2. The fourth-order valence-electron chi connectivity index (χ4n) is 2.57. The first-order valence-corrected chi connectivity index (χ1v) is 13.1. The molecule has 0 bridgehead atoms. The SMILES string of the molecule is O=[C](O[C@H]1[C@@H](COC(=O)c2ccccc2)O[C@H](Br)C1(F)F)[BiH][c]1ccccc1. The van der Waals surface area contributed by atoms with Gasteiger partial charge >= 0.3 is 181 Å². The molecule has 0 radical (unpaired) electrons. The number of alkyl halides is 3. The van der Waals surface area contributed by atoms with Crippen LogP contribution in [0.25, 0.3) is 0 Å². The Morgan fingerprint density at radius 1 is 1.07 bits per heavy atom. The molecule has 1 saturated heterocycles. The summed E-state index contributed by atoms with van der Waals surface area (Å²) in [5, 5.41) is -1.64. The van der Waals surface area contributed by atoms with Gasteiger partial charge in [0.2, 0.25) is 0 Å². The second-order valence-electron chi connectivity index (χ2n) is 5.95. The van der Waals surface area contributed by atoms with Crippen LogP contribution in [-0.4, -0.2) is 62.6 Å². The molecule has 1 heterocycles. The minimum absolute atomic E-state index is 0.288. The van der Waals surface area contributed by atoms with Gasteiger partial charge in [-0.05, 0) is 0 Å². The van der Waals surface area contributed by atoms with Crippen LogP contribution < -0.4 is 3.27 Å². The molecule has 9 heteroatoms. The second kappa shape index (κ2) is 9.37. The fraction of sp³-hybridized carbons (Fsp3) is 0.263. The van der Waals surface area contributed by atoms with Crippen LogP contribution in [0.4, 0.5) is 13.6 Å². The first-order chi connectivity index (χ1) is 13.4. The molecule has 1 aliphatic heterocycles. The Balaban J connectivity index is 1.64. The molecule has 0 saturated carbocycles. The van der Waals surface area contributed by atoms with Crippen LogP contribution in [0.5, 0.6) is 0 Å². The average Bonchev–Trinajstić information content (AvgIpc) is 2.90. The summed E-state index contributed by atoms with van der Waals surface area (Å²) in [6.45, 7) is -0.456. The van der Waals surface area contributed by atoms with Gasteiger partial charge in [0.1, 0.15) is 0 Å². The molecule has 1 fully saturated rings. The normalized spacial score (nSPS) is 23.2. The zero-order valence-corrected chi connectivity index (χ0v) is 19.9. The second-order valence-corrected chi connectivity index (χ2v) is 11.6. The van der Waals surface area contributed by atoms with Crippen LogP contribution in [0.15, 0.2) is 60.7 Å². The maximum absolute atomic E-state index is 14.4. The van der Waals surface area contributed by atoms with Crippen LogP contribution in [0.2, 0.25) is 0 Å². The molecule has 0 amide bonds. The Morgan fingerprint density at radius 2 is 1.68 bits per heavy atom. The standard InChI is InChI=1S/C13H10BrF2O5.C6H5.Bi.H/c14-12-13(15,16)10(20-7-17)9(21-12)6-19-11(18)8-4-2-1-3-5-8;1-2-4-6-5-3-1;;/h1-5,9-10,12H,6H2;1-5H;;/t9-,10+,12+;;;/m1.../s1. The van der Waals surface area contributed by atoms with Crippen molar-refractivity contribution in [1.29, 1.82) is 0 Å². The van der Waals surface area contributed by atoms with Gasteiger partial charge in [0.15, 0.2) is 0 Å². The number of benzene rings is 2. The molecule has 0 unspecified atom stereocenters. The van der Waals surface area contributed by atoms with Crippen molar-refractivity contribution in [2.75, 3.05) is 6.61 Å². The van der Waals surface area contributed by atoms with E-state index in [9.17, 15) is 18.4 Å². The summed E-state index contributed by atoms with van der Waals surface area (Å²) < 4.78 is 44.4. The molecular formula is C19H16BiBrF2O5. The average molecular weight is 651 g/mol. The van der Waals surface area contributed by atoms with Crippen molar-refractivity contribution in [2.45, 2.75) is 23.1 Å². The van der Waals surface area contributed by atoms with Crippen LogP contribution >= 0.6 is 15.9 Å². The third-order valence-corrected chi connectivity index (χ3v) is 8.45. The van der Waals surface area contributed by atoms with E-state index in [0.29, 0.717) is 0 Å². The summed E-state index contributed by atoms with van der Waals surface area (Å²) in [6.07, 6.45) is -3.10. The van der Waals surface area contributed by atoms with Gasteiger partial charge in [-0.2, -0.15) is 0 Å². The van der Waals surface area contributed by atoms with E-state index in [1.165, 1.54) is 0 Å². The van der Waals surface area contributed by atoms with E-state index in [2.05, 4.69) is 15.9 Å². The molecule has 0 spiro atoms. The van der Waals surface area contributed by atoms with Gasteiger partial charge < -0.3 is 0 Å². The molecule has 148 valence electrons. The Hall–Kier alpha value is -1.44. The summed E-state index contributed by atoms with van der Waals surface area (Å²) in [4.78, 5) is 24.3. The first kappa shape index (κ1) is 21.3. The van der Waals surface area contributed by atoms with Crippen molar-refractivity contribution in [3.05, 3.63) is 66.2 Å². The fourth-order valence-corrected chi connectivity index (χ4v) is 6.15. The van der Waals surface area contributed by atoms with Crippen molar-refractivity contribution in [1.82, 2.24) is 0 Å². The van der Waals surface area contributed by atoms with E-state index >= 15 is 0 Å². The molecular weight excluding hydrogens is 635 g/mol. The van der Waals surface area contributed by atoms with Gasteiger partial charge in [-0.1, -0.05) is 0 Å². The summed E-state index contributed by atoms with van der Waals surface area (Å²) in [5.41, 5.74) is 0.288. The quantitative estimate of drug-likeness (QED) is 0.274. The van der Waals surface area contributed by atoms with Crippen molar-refractivity contribution >= 4 is 52.1 Å². The van der Waals surface area contributed by atoms with Gasteiger partial charge in [-0.15, -0.1) is 0 Å². The molecule has 2 aromatic rings. The van der Waals surface area contributed by atoms with Gasteiger partial charge in [-0.3, -0.25) is 0 Å². The predicted molar refractivity (Wildman–Crippen MR) is 103 cm³/mol. The molecule has 3 atom stereocenters. The van der Waals surface area contributed by atoms with E-state index in [4.69, 9.17) is 14.2 Å². The molecule has 2 aromatic carbocycles. The van der Waals surface area contributed by atoms with Crippen LogP contribution in [0, 0.1) is 0 Å². The molecule has 5 nitrogen and oxygen atoms in total. The minimum atomic E-state index is -3.44. The topological polar surface area (TPSA) is 61.8 Å². The van der Waals surface area contributed by atoms with Gasteiger partial charge in [-0.25, -0.2) is 0 Å². The Kier molecular flexibility index (Phi) is 7.12.